The smallest absolute Gasteiger partial charge is 0.185 e. The molecule has 6 rings (SSSR count). The van der Waals surface area contributed by atoms with E-state index in [0.29, 0.717) is 5.56 Å². The van der Waals surface area contributed by atoms with Crippen LogP contribution < -0.4 is 4.90 Å². The Bertz CT molecular complexity index is 1440. The summed E-state index contributed by atoms with van der Waals surface area (Å²) in [5.41, 5.74) is 4.97. The first-order valence-electron chi connectivity index (χ1n) is 12.5. The predicted octanol–water partition coefficient (Wildman–Crippen LogP) is 6.31. The van der Waals surface area contributed by atoms with Crippen LogP contribution in [-0.4, -0.2) is 17.9 Å². The van der Waals surface area contributed by atoms with Gasteiger partial charge in [0.2, 0.25) is 0 Å². The fraction of sp³-hybridized carbons (Fsp3) is 0.219. The van der Waals surface area contributed by atoms with Crippen LogP contribution in [0.5, 0.6) is 0 Å². The molecule has 2 fully saturated rings. The summed E-state index contributed by atoms with van der Waals surface area (Å²) in [6.07, 6.45) is 6.26. The third-order valence-corrected chi connectivity index (χ3v) is 7.80. The first-order chi connectivity index (χ1) is 17.7. The fourth-order valence-corrected chi connectivity index (χ4v) is 6.23. The van der Waals surface area contributed by atoms with E-state index in [0.717, 1.165) is 35.2 Å². The number of hydrogen-bond acceptors (Lipinski definition) is 4. The third kappa shape index (κ3) is 3.55. The summed E-state index contributed by atoms with van der Waals surface area (Å²) in [7, 11) is 0. The minimum absolute atomic E-state index is 0.0627. The largest absolute Gasteiger partial charge is 0.353 e. The van der Waals surface area contributed by atoms with Crippen LogP contribution in [0, 0.1) is 34.5 Å². The number of Topliss-reactive ketones (excluding diaryl/α,β-unsaturated/α-hetero) is 1. The number of ketones is 1. The SMILES string of the molecule is N#CC(C#N)=C(C1CC1)[C@H]1[C@@H](c2ccccc2)[C@@H](C(=O)c2ccccc2)N2c3ccccc3C=C[C@@H]12. The number of hydrogen-bond donors (Lipinski definition) is 0. The molecule has 36 heavy (non-hydrogen) atoms. The number of benzene rings is 3. The maximum Gasteiger partial charge on any atom is 0.185 e. The van der Waals surface area contributed by atoms with Crippen LogP contribution in [0.25, 0.3) is 6.08 Å². The maximum atomic E-state index is 14.3. The predicted molar refractivity (Wildman–Crippen MR) is 140 cm³/mol. The van der Waals surface area contributed by atoms with Crippen LogP contribution in [0.3, 0.4) is 0 Å². The molecule has 4 heteroatoms. The molecule has 0 radical (unpaired) electrons. The molecule has 1 saturated carbocycles. The van der Waals surface area contributed by atoms with Gasteiger partial charge in [0.15, 0.2) is 5.78 Å². The van der Waals surface area contributed by atoms with E-state index >= 15 is 0 Å². The molecule has 4 nitrogen and oxygen atoms in total. The van der Waals surface area contributed by atoms with Gasteiger partial charge in [0, 0.05) is 23.1 Å². The Balaban J connectivity index is 1.63. The minimum atomic E-state index is -0.469. The molecule has 3 aromatic carbocycles. The van der Waals surface area contributed by atoms with Crippen LogP contribution in [0.1, 0.15) is 40.2 Å². The molecule has 2 aliphatic heterocycles. The average molecular weight is 468 g/mol. The maximum absolute atomic E-state index is 14.3. The number of nitrogens with zero attached hydrogens (tertiary/aromatic N) is 3. The number of nitriles is 2. The molecule has 3 aromatic rings. The summed E-state index contributed by atoms with van der Waals surface area (Å²) >= 11 is 0. The zero-order valence-corrected chi connectivity index (χ0v) is 19.8. The molecule has 0 aromatic heterocycles. The van der Waals surface area contributed by atoms with Gasteiger partial charge in [-0.3, -0.25) is 4.79 Å². The first kappa shape index (κ1) is 22.1. The lowest BCUT2D eigenvalue weighted by molar-refractivity contribution is 0.0952. The monoisotopic (exact) mass is 467 g/mol. The van der Waals surface area contributed by atoms with Gasteiger partial charge in [-0.05, 0) is 41.5 Å². The summed E-state index contributed by atoms with van der Waals surface area (Å²) in [5.74, 6) is -0.0790. The number of anilines is 1. The standard InChI is InChI=1S/C32H25N3O/c33-19-25(20-34)28(23-15-16-23)30-27-18-17-21-9-7-8-14-26(21)35(27)31(29(30)22-10-3-1-4-11-22)32(36)24-12-5-2-6-13-24/h1-14,17-18,23,27,29-31H,15-16H2/t27-,29+,30-,31-/m0/s1. The van der Waals surface area contributed by atoms with E-state index in [1.54, 1.807) is 0 Å². The van der Waals surface area contributed by atoms with Gasteiger partial charge in [-0.2, -0.15) is 10.5 Å². The van der Waals surface area contributed by atoms with Crippen molar-refractivity contribution in [3.8, 4) is 12.1 Å². The highest BCUT2D eigenvalue weighted by molar-refractivity contribution is 6.04. The first-order valence-corrected chi connectivity index (χ1v) is 12.5. The summed E-state index contributed by atoms with van der Waals surface area (Å²) in [6, 6.07) is 31.6. The zero-order chi connectivity index (χ0) is 24.6. The van der Waals surface area contributed by atoms with Crippen molar-refractivity contribution in [3.63, 3.8) is 0 Å². The Morgan fingerprint density at radius 1 is 0.833 bits per heavy atom. The molecule has 1 aliphatic carbocycles. The lowest BCUT2D eigenvalue weighted by Gasteiger charge is -2.36. The molecule has 0 spiro atoms. The highest BCUT2D eigenvalue weighted by Gasteiger charge is 2.56. The Morgan fingerprint density at radius 3 is 2.14 bits per heavy atom. The van der Waals surface area contributed by atoms with Crippen LogP contribution in [0.4, 0.5) is 5.69 Å². The van der Waals surface area contributed by atoms with Crippen molar-refractivity contribution in [2.75, 3.05) is 4.90 Å². The van der Waals surface area contributed by atoms with E-state index in [2.05, 4.69) is 53.5 Å². The summed E-state index contributed by atoms with van der Waals surface area (Å²) in [4.78, 5) is 16.6. The Labute approximate surface area is 211 Å². The zero-order valence-electron chi connectivity index (χ0n) is 19.8. The molecule has 0 unspecified atom stereocenters. The quantitative estimate of drug-likeness (QED) is 0.326. The molecule has 3 aliphatic rings. The summed E-state index contributed by atoms with van der Waals surface area (Å²) in [5, 5.41) is 19.9. The van der Waals surface area contributed by atoms with Gasteiger partial charge in [-0.15, -0.1) is 0 Å². The van der Waals surface area contributed by atoms with Crippen molar-refractivity contribution in [1.82, 2.24) is 0 Å². The van der Waals surface area contributed by atoms with Gasteiger partial charge in [0.1, 0.15) is 23.8 Å². The van der Waals surface area contributed by atoms with E-state index in [-0.39, 0.29) is 35.2 Å². The Kier molecular flexibility index (Phi) is 5.51. The third-order valence-electron chi connectivity index (χ3n) is 7.80. The van der Waals surface area contributed by atoms with Gasteiger partial charge >= 0.3 is 0 Å². The van der Waals surface area contributed by atoms with E-state index in [1.165, 1.54) is 0 Å². The van der Waals surface area contributed by atoms with Crippen molar-refractivity contribution >= 4 is 17.5 Å². The number of carbonyl (C=O) groups is 1. The number of rotatable bonds is 5. The molecule has 0 amide bonds. The van der Waals surface area contributed by atoms with E-state index < -0.39 is 6.04 Å². The van der Waals surface area contributed by atoms with Crippen molar-refractivity contribution in [1.29, 1.82) is 10.5 Å². The van der Waals surface area contributed by atoms with Crippen molar-refractivity contribution in [3.05, 3.63) is 119 Å². The van der Waals surface area contributed by atoms with Crippen LogP contribution >= 0.6 is 0 Å². The second-order valence-electron chi connectivity index (χ2n) is 9.78. The van der Waals surface area contributed by atoms with Gasteiger partial charge in [-0.1, -0.05) is 91.0 Å². The van der Waals surface area contributed by atoms with Crippen LogP contribution in [-0.2, 0) is 0 Å². The molecule has 0 bridgehead atoms. The average Bonchev–Trinajstić information content (AvgIpc) is 3.72. The van der Waals surface area contributed by atoms with Gasteiger partial charge in [0.25, 0.3) is 0 Å². The number of para-hydroxylation sites is 1. The van der Waals surface area contributed by atoms with Crippen LogP contribution in [0.2, 0.25) is 0 Å². The molecular formula is C32H25N3O. The van der Waals surface area contributed by atoms with E-state index in [4.69, 9.17) is 0 Å². The normalized spacial score (nSPS) is 23.7. The highest BCUT2D eigenvalue weighted by Crippen LogP contribution is 2.56. The Morgan fingerprint density at radius 2 is 1.47 bits per heavy atom. The number of fused-ring (bicyclic) bond motifs is 3. The summed E-state index contributed by atoms with van der Waals surface area (Å²) in [6.45, 7) is 0. The van der Waals surface area contributed by atoms with E-state index in [1.807, 2.05) is 60.7 Å². The topological polar surface area (TPSA) is 67.9 Å². The second kappa shape index (κ2) is 8.99. The van der Waals surface area contributed by atoms with Gasteiger partial charge in [0.05, 0.1) is 6.04 Å². The number of carbonyl (C=O) groups excluding carboxylic acids is 1. The van der Waals surface area contributed by atoms with Gasteiger partial charge in [-0.25, -0.2) is 0 Å². The van der Waals surface area contributed by atoms with Crippen molar-refractivity contribution < 1.29 is 4.79 Å². The summed E-state index contributed by atoms with van der Waals surface area (Å²) < 4.78 is 0. The molecule has 174 valence electrons. The fourth-order valence-electron chi connectivity index (χ4n) is 6.23. The van der Waals surface area contributed by atoms with Gasteiger partial charge < -0.3 is 4.90 Å². The minimum Gasteiger partial charge on any atom is -0.353 e. The number of allylic oxidation sites excluding steroid dienone is 1. The molecular weight excluding hydrogens is 442 g/mol. The van der Waals surface area contributed by atoms with Crippen molar-refractivity contribution in [2.45, 2.75) is 30.8 Å². The Hall–Kier alpha value is -4.41. The van der Waals surface area contributed by atoms with E-state index in [9.17, 15) is 15.3 Å². The molecule has 0 N–H and O–H groups in total. The van der Waals surface area contributed by atoms with Crippen molar-refractivity contribution in [2.24, 2.45) is 11.8 Å². The molecule has 2 heterocycles. The molecule has 4 atom stereocenters. The highest BCUT2D eigenvalue weighted by atomic mass is 16.1. The second-order valence-corrected chi connectivity index (χ2v) is 9.78. The lowest BCUT2D eigenvalue weighted by Crippen LogP contribution is -2.43. The lowest BCUT2D eigenvalue weighted by atomic mass is 9.73. The van der Waals surface area contributed by atoms with Crippen LogP contribution in [0.15, 0.2) is 102 Å². The molecule has 1 saturated heterocycles.